The van der Waals surface area contributed by atoms with Gasteiger partial charge in [-0.2, -0.15) is 4.98 Å². The first-order valence-corrected chi connectivity index (χ1v) is 11.2. The molecule has 2 heterocycles. The lowest BCUT2D eigenvalue weighted by Crippen LogP contribution is -2.39. The number of nitrogens with zero attached hydrogens (tertiary/aromatic N) is 2. The fourth-order valence-corrected chi connectivity index (χ4v) is 5.44. The van der Waals surface area contributed by atoms with Crippen molar-refractivity contribution in [3.8, 4) is 0 Å². The zero-order valence-corrected chi connectivity index (χ0v) is 15.8. The molecule has 2 fully saturated rings. The van der Waals surface area contributed by atoms with Crippen LogP contribution in [0.4, 0.5) is 0 Å². The summed E-state index contributed by atoms with van der Waals surface area (Å²) in [5.74, 6) is 1.74. The quantitative estimate of drug-likeness (QED) is 0.814. The Labute approximate surface area is 158 Å². The Hall–Kier alpha value is -1.77. The highest BCUT2D eigenvalue weighted by Gasteiger charge is 2.36. The highest BCUT2D eigenvalue weighted by atomic mass is 32.2. The molecule has 1 aliphatic heterocycles. The third kappa shape index (κ3) is 3.53. The SMILES string of the molecule is O=S(=O)(NC[C@H]1CC[C@@H](c2nc(C3CC3)no2)O1)C1Cc2ccccc2C1. The van der Waals surface area contributed by atoms with Crippen LogP contribution in [0.5, 0.6) is 0 Å². The van der Waals surface area contributed by atoms with Crippen molar-refractivity contribution in [2.24, 2.45) is 0 Å². The molecule has 0 amide bonds. The maximum Gasteiger partial charge on any atom is 0.255 e. The summed E-state index contributed by atoms with van der Waals surface area (Å²) >= 11 is 0. The number of nitrogens with one attached hydrogen (secondary N) is 1. The molecule has 1 N–H and O–H groups in total. The van der Waals surface area contributed by atoms with Gasteiger partial charge in [0.2, 0.25) is 10.0 Å². The predicted octanol–water partition coefficient (Wildman–Crippen LogP) is 2.25. The van der Waals surface area contributed by atoms with Crippen LogP contribution in [-0.4, -0.2) is 36.5 Å². The number of benzene rings is 1. The van der Waals surface area contributed by atoms with E-state index in [2.05, 4.69) is 14.9 Å². The fraction of sp³-hybridized carbons (Fsp3) is 0.579. The van der Waals surface area contributed by atoms with E-state index < -0.39 is 15.3 Å². The molecule has 2 aromatic rings. The first-order chi connectivity index (χ1) is 13.1. The van der Waals surface area contributed by atoms with Gasteiger partial charge in [0.25, 0.3) is 5.89 Å². The topological polar surface area (TPSA) is 94.3 Å². The molecule has 1 saturated carbocycles. The summed E-state index contributed by atoms with van der Waals surface area (Å²) in [5, 5.41) is 3.63. The van der Waals surface area contributed by atoms with Crippen molar-refractivity contribution in [2.75, 3.05) is 6.54 Å². The number of fused-ring (bicyclic) bond motifs is 1. The van der Waals surface area contributed by atoms with E-state index in [1.165, 1.54) is 0 Å². The standard InChI is InChI=1S/C19H23N3O4S/c23-27(24,16-9-13-3-1-2-4-14(13)10-16)20-11-15-7-8-17(25-15)19-21-18(22-26-19)12-5-6-12/h1-4,12,15-17,20H,5-11H2/t15-,17+/m1/s1. The molecule has 3 aliphatic rings. The summed E-state index contributed by atoms with van der Waals surface area (Å²) in [6, 6.07) is 7.94. The van der Waals surface area contributed by atoms with E-state index in [1.54, 1.807) is 0 Å². The van der Waals surface area contributed by atoms with E-state index in [0.717, 1.165) is 42.6 Å². The van der Waals surface area contributed by atoms with E-state index in [0.29, 0.717) is 24.7 Å². The van der Waals surface area contributed by atoms with Gasteiger partial charge in [-0.1, -0.05) is 29.4 Å². The zero-order valence-electron chi connectivity index (χ0n) is 15.0. The van der Waals surface area contributed by atoms with Crippen LogP contribution < -0.4 is 4.72 Å². The lowest BCUT2D eigenvalue weighted by Gasteiger charge is -2.16. The van der Waals surface area contributed by atoms with Crippen LogP contribution in [-0.2, 0) is 27.6 Å². The molecular formula is C19H23N3O4S. The molecule has 144 valence electrons. The molecule has 2 atom stereocenters. The Morgan fingerprint density at radius 2 is 1.81 bits per heavy atom. The van der Waals surface area contributed by atoms with Crippen molar-refractivity contribution < 1.29 is 17.7 Å². The molecule has 7 nitrogen and oxygen atoms in total. The third-order valence-electron chi connectivity index (χ3n) is 5.75. The molecule has 0 spiro atoms. The highest BCUT2D eigenvalue weighted by Crippen LogP contribution is 2.39. The third-order valence-corrected chi connectivity index (χ3v) is 7.53. The van der Waals surface area contributed by atoms with Crippen LogP contribution in [0.25, 0.3) is 0 Å². The maximum atomic E-state index is 12.7. The molecule has 0 unspecified atom stereocenters. The first-order valence-electron chi connectivity index (χ1n) is 9.63. The monoisotopic (exact) mass is 389 g/mol. The van der Waals surface area contributed by atoms with Crippen molar-refractivity contribution in [3.05, 3.63) is 47.1 Å². The van der Waals surface area contributed by atoms with Gasteiger partial charge in [0, 0.05) is 12.5 Å². The second-order valence-electron chi connectivity index (χ2n) is 7.78. The molecule has 27 heavy (non-hydrogen) atoms. The Bertz CT molecular complexity index is 913. The van der Waals surface area contributed by atoms with Gasteiger partial charge in [-0.05, 0) is 49.7 Å². The summed E-state index contributed by atoms with van der Waals surface area (Å²) in [4.78, 5) is 4.44. The average molecular weight is 389 g/mol. The van der Waals surface area contributed by atoms with E-state index in [9.17, 15) is 8.42 Å². The minimum absolute atomic E-state index is 0.162. The maximum absolute atomic E-state index is 12.7. The normalized spacial score (nSPS) is 25.8. The van der Waals surface area contributed by atoms with Gasteiger partial charge in [-0.25, -0.2) is 13.1 Å². The van der Waals surface area contributed by atoms with Crippen LogP contribution in [0.15, 0.2) is 28.8 Å². The summed E-state index contributed by atoms with van der Waals surface area (Å²) in [6.07, 6.45) is 4.56. The van der Waals surface area contributed by atoms with Crippen molar-refractivity contribution in [1.29, 1.82) is 0 Å². The second-order valence-corrected chi connectivity index (χ2v) is 9.83. The number of sulfonamides is 1. The lowest BCUT2D eigenvalue weighted by atomic mass is 10.1. The fourth-order valence-electron chi connectivity index (χ4n) is 3.99. The van der Waals surface area contributed by atoms with E-state index in [1.807, 2.05) is 24.3 Å². The number of aromatic nitrogens is 2. The molecule has 5 rings (SSSR count). The van der Waals surface area contributed by atoms with Crippen LogP contribution in [0.3, 0.4) is 0 Å². The smallest absolute Gasteiger partial charge is 0.255 e. The molecule has 1 aromatic carbocycles. The Morgan fingerprint density at radius 1 is 1.07 bits per heavy atom. The van der Waals surface area contributed by atoms with Gasteiger partial charge in [0.1, 0.15) is 6.10 Å². The van der Waals surface area contributed by atoms with Crippen molar-refractivity contribution in [1.82, 2.24) is 14.9 Å². The Morgan fingerprint density at radius 3 is 2.52 bits per heavy atom. The summed E-state index contributed by atoms with van der Waals surface area (Å²) < 4.78 is 39.4. The van der Waals surface area contributed by atoms with Crippen LogP contribution in [0.1, 0.15) is 60.5 Å². The van der Waals surface area contributed by atoms with Gasteiger partial charge < -0.3 is 9.26 Å². The Balaban J connectivity index is 1.16. The largest absolute Gasteiger partial charge is 0.364 e. The van der Waals surface area contributed by atoms with Gasteiger partial charge in [-0.15, -0.1) is 0 Å². The van der Waals surface area contributed by atoms with Crippen molar-refractivity contribution in [2.45, 2.75) is 61.9 Å². The van der Waals surface area contributed by atoms with Gasteiger partial charge >= 0.3 is 0 Å². The predicted molar refractivity (Wildman–Crippen MR) is 97.7 cm³/mol. The summed E-state index contributed by atoms with van der Waals surface area (Å²) in [7, 11) is -3.38. The van der Waals surface area contributed by atoms with Gasteiger partial charge in [0.15, 0.2) is 5.82 Å². The highest BCUT2D eigenvalue weighted by molar-refractivity contribution is 7.90. The molecule has 2 aliphatic carbocycles. The van der Waals surface area contributed by atoms with Crippen LogP contribution in [0, 0.1) is 0 Å². The number of hydrogen-bond acceptors (Lipinski definition) is 6. The molecule has 1 saturated heterocycles. The molecule has 0 radical (unpaired) electrons. The van der Waals surface area contributed by atoms with E-state index in [-0.39, 0.29) is 18.8 Å². The van der Waals surface area contributed by atoms with Gasteiger partial charge in [-0.3, -0.25) is 0 Å². The zero-order chi connectivity index (χ0) is 18.4. The van der Waals surface area contributed by atoms with Crippen molar-refractivity contribution >= 4 is 10.0 Å². The minimum atomic E-state index is -3.38. The number of hydrogen-bond donors (Lipinski definition) is 1. The van der Waals surface area contributed by atoms with Crippen LogP contribution >= 0.6 is 0 Å². The van der Waals surface area contributed by atoms with Crippen molar-refractivity contribution in [3.63, 3.8) is 0 Å². The van der Waals surface area contributed by atoms with E-state index >= 15 is 0 Å². The van der Waals surface area contributed by atoms with Gasteiger partial charge in [0.05, 0.1) is 11.4 Å². The first kappa shape index (κ1) is 17.3. The average Bonchev–Trinajstić information content (AvgIpc) is 3.10. The molecular weight excluding hydrogens is 366 g/mol. The van der Waals surface area contributed by atoms with E-state index in [4.69, 9.17) is 9.26 Å². The minimum Gasteiger partial charge on any atom is -0.364 e. The second kappa shape index (κ2) is 6.68. The lowest BCUT2D eigenvalue weighted by molar-refractivity contribution is 0.0289. The summed E-state index contributed by atoms with van der Waals surface area (Å²) in [6.45, 7) is 0.287. The number of ether oxygens (including phenoxy) is 1. The molecule has 1 aromatic heterocycles. The van der Waals surface area contributed by atoms with Crippen LogP contribution in [0.2, 0.25) is 0 Å². The summed E-state index contributed by atoms with van der Waals surface area (Å²) in [5.41, 5.74) is 2.26. The molecule has 0 bridgehead atoms. The Kier molecular flexibility index (Phi) is 4.29. The number of rotatable bonds is 6. The molecule has 8 heteroatoms.